The van der Waals surface area contributed by atoms with E-state index in [0.29, 0.717) is 15.7 Å². The highest BCUT2D eigenvalue weighted by molar-refractivity contribution is 9.11. The molecule has 4 nitrogen and oxygen atoms in total. The molecule has 2 aromatic rings. The van der Waals surface area contributed by atoms with Gasteiger partial charge in [-0.3, -0.25) is 4.79 Å². The van der Waals surface area contributed by atoms with E-state index >= 15 is 0 Å². The molecule has 0 bridgehead atoms. The van der Waals surface area contributed by atoms with Gasteiger partial charge in [-0.1, -0.05) is 23.4 Å². The van der Waals surface area contributed by atoms with Crippen molar-refractivity contribution in [3.8, 4) is 5.75 Å². The molecule has 2 N–H and O–H groups in total. The standard InChI is InChI=1S/C18H15Br2ClN2O2S/c1-9-5-11(21)3-4-14(9)22-18-23-17(24)15(26-18)8-10-6-12(19)16(25-2)13(20)7-10/h3-8,18,22H,1-2H3,(H,23,24)/b15-8-. The lowest BCUT2D eigenvalue weighted by molar-refractivity contribution is -0.116. The lowest BCUT2D eigenvalue weighted by Gasteiger charge is -2.15. The summed E-state index contributed by atoms with van der Waals surface area (Å²) in [5, 5.41) is 6.93. The second-order valence-corrected chi connectivity index (χ2v) is 8.89. The molecular formula is C18H15Br2ClN2O2S. The molecule has 1 aliphatic rings. The topological polar surface area (TPSA) is 50.4 Å². The maximum Gasteiger partial charge on any atom is 0.260 e. The largest absolute Gasteiger partial charge is 0.494 e. The smallest absolute Gasteiger partial charge is 0.260 e. The molecule has 1 unspecified atom stereocenters. The highest BCUT2D eigenvalue weighted by atomic mass is 79.9. The molecule has 1 atom stereocenters. The number of aryl methyl sites for hydroxylation is 1. The summed E-state index contributed by atoms with van der Waals surface area (Å²) in [6, 6.07) is 9.43. The Morgan fingerprint density at radius 3 is 2.58 bits per heavy atom. The zero-order valence-corrected chi connectivity index (χ0v) is 18.6. The molecule has 3 rings (SSSR count). The van der Waals surface area contributed by atoms with E-state index in [0.717, 1.165) is 25.8 Å². The Morgan fingerprint density at radius 2 is 1.96 bits per heavy atom. The Bertz CT molecular complexity index is 882. The Morgan fingerprint density at radius 1 is 1.27 bits per heavy atom. The average Bonchev–Trinajstić information content (AvgIpc) is 2.89. The first-order chi connectivity index (χ1) is 12.4. The molecule has 2 aromatic carbocycles. The third-order valence-electron chi connectivity index (χ3n) is 3.73. The van der Waals surface area contributed by atoms with Gasteiger partial charge >= 0.3 is 0 Å². The number of hydrogen-bond acceptors (Lipinski definition) is 4. The molecule has 0 spiro atoms. The molecule has 1 fully saturated rings. The van der Waals surface area contributed by atoms with Gasteiger partial charge in [-0.25, -0.2) is 0 Å². The fraction of sp³-hybridized carbons (Fsp3) is 0.167. The van der Waals surface area contributed by atoms with Gasteiger partial charge < -0.3 is 15.4 Å². The van der Waals surface area contributed by atoms with Crippen LogP contribution in [0.5, 0.6) is 5.75 Å². The van der Waals surface area contributed by atoms with E-state index in [2.05, 4.69) is 42.5 Å². The summed E-state index contributed by atoms with van der Waals surface area (Å²) in [7, 11) is 1.61. The van der Waals surface area contributed by atoms with Gasteiger partial charge in [0.1, 0.15) is 5.75 Å². The normalized spacial score (nSPS) is 18.1. The lowest BCUT2D eigenvalue weighted by Crippen LogP contribution is -2.31. The van der Waals surface area contributed by atoms with Crippen molar-refractivity contribution in [3.63, 3.8) is 0 Å². The van der Waals surface area contributed by atoms with Crippen LogP contribution in [0.15, 0.2) is 44.2 Å². The van der Waals surface area contributed by atoms with Crippen LogP contribution in [0.4, 0.5) is 5.69 Å². The Labute approximate surface area is 178 Å². The average molecular weight is 519 g/mol. The van der Waals surface area contributed by atoms with Gasteiger partial charge in [0.15, 0.2) is 5.50 Å². The first-order valence-corrected chi connectivity index (χ1v) is 10.5. The van der Waals surface area contributed by atoms with E-state index in [1.165, 1.54) is 11.8 Å². The molecule has 1 amide bonds. The predicted octanol–water partition coefficient (Wildman–Crippen LogP) is 5.78. The van der Waals surface area contributed by atoms with Crippen molar-refractivity contribution in [2.45, 2.75) is 12.4 Å². The molecule has 136 valence electrons. The van der Waals surface area contributed by atoms with Crippen LogP contribution >= 0.6 is 55.2 Å². The summed E-state index contributed by atoms with van der Waals surface area (Å²) in [5.41, 5.74) is 2.61. The molecule has 1 heterocycles. The third kappa shape index (κ3) is 4.39. The maximum atomic E-state index is 12.3. The first-order valence-electron chi connectivity index (χ1n) is 7.62. The minimum absolute atomic E-state index is 0.109. The number of anilines is 1. The Kier molecular flexibility index (Phi) is 6.22. The van der Waals surface area contributed by atoms with Crippen molar-refractivity contribution in [1.29, 1.82) is 0 Å². The highest BCUT2D eigenvalue weighted by Crippen LogP contribution is 2.37. The lowest BCUT2D eigenvalue weighted by atomic mass is 10.2. The monoisotopic (exact) mass is 516 g/mol. The number of carbonyl (C=O) groups is 1. The second kappa shape index (κ2) is 8.25. The SMILES string of the molecule is COc1c(Br)cc(/C=C2\SC(Nc3ccc(Cl)cc3C)NC2=O)cc1Br. The van der Waals surface area contributed by atoms with Crippen LogP contribution < -0.4 is 15.4 Å². The van der Waals surface area contributed by atoms with Crippen molar-refractivity contribution in [2.75, 3.05) is 12.4 Å². The van der Waals surface area contributed by atoms with Crippen LogP contribution in [0.1, 0.15) is 11.1 Å². The van der Waals surface area contributed by atoms with Crippen LogP contribution in [-0.4, -0.2) is 18.5 Å². The van der Waals surface area contributed by atoms with Crippen LogP contribution in [0, 0.1) is 6.92 Å². The molecule has 0 aliphatic carbocycles. The molecule has 0 aromatic heterocycles. The Balaban J connectivity index is 1.78. The maximum absolute atomic E-state index is 12.3. The fourth-order valence-electron chi connectivity index (χ4n) is 2.50. The fourth-order valence-corrected chi connectivity index (χ4v) is 5.25. The summed E-state index contributed by atoms with van der Waals surface area (Å²) in [6.45, 7) is 1.97. The van der Waals surface area contributed by atoms with Crippen LogP contribution in [0.3, 0.4) is 0 Å². The first kappa shape index (κ1) is 19.6. The summed E-state index contributed by atoms with van der Waals surface area (Å²) < 4.78 is 6.94. The number of ether oxygens (including phenoxy) is 1. The molecule has 1 saturated heterocycles. The van der Waals surface area contributed by atoms with Gasteiger partial charge in [0.25, 0.3) is 5.91 Å². The van der Waals surface area contributed by atoms with E-state index in [9.17, 15) is 4.79 Å². The van der Waals surface area contributed by atoms with Crippen LogP contribution in [0.2, 0.25) is 5.02 Å². The molecule has 26 heavy (non-hydrogen) atoms. The zero-order chi connectivity index (χ0) is 18.8. The second-order valence-electron chi connectivity index (χ2n) is 5.60. The van der Waals surface area contributed by atoms with E-state index in [1.54, 1.807) is 7.11 Å². The number of amides is 1. The number of thioether (sulfide) groups is 1. The van der Waals surface area contributed by atoms with Gasteiger partial charge in [-0.05, 0) is 86.3 Å². The van der Waals surface area contributed by atoms with Gasteiger partial charge in [0, 0.05) is 10.7 Å². The van der Waals surface area contributed by atoms with Gasteiger partial charge in [0.05, 0.1) is 21.0 Å². The number of rotatable bonds is 4. The Hall–Kier alpha value is -1.15. The minimum Gasteiger partial charge on any atom is -0.494 e. The number of nitrogens with one attached hydrogen (secondary N) is 2. The van der Waals surface area contributed by atoms with E-state index in [4.69, 9.17) is 16.3 Å². The zero-order valence-electron chi connectivity index (χ0n) is 13.9. The van der Waals surface area contributed by atoms with Crippen molar-refractivity contribution < 1.29 is 9.53 Å². The molecule has 8 heteroatoms. The van der Waals surface area contributed by atoms with Crippen molar-refractivity contribution in [1.82, 2.24) is 5.32 Å². The van der Waals surface area contributed by atoms with Crippen molar-refractivity contribution in [2.24, 2.45) is 0 Å². The van der Waals surface area contributed by atoms with E-state index in [1.807, 2.05) is 43.3 Å². The van der Waals surface area contributed by atoms with Crippen molar-refractivity contribution >= 4 is 72.9 Å². The number of hydrogen-bond donors (Lipinski definition) is 2. The number of benzene rings is 2. The van der Waals surface area contributed by atoms with Gasteiger partial charge in [-0.15, -0.1) is 0 Å². The van der Waals surface area contributed by atoms with Crippen LogP contribution in [0.25, 0.3) is 6.08 Å². The van der Waals surface area contributed by atoms with E-state index in [-0.39, 0.29) is 11.4 Å². The minimum atomic E-state index is -0.237. The molecule has 1 aliphatic heterocycles. The number of halogens is 3. The highest BCUT2D eigenvalue weighted by Gasteiger charge is 2.27. The molecule has 0 radical (unpaired) electrons. The predicted molar refractivity (Wildman–Crippen MR) is 116 cm³/mol. The van der Waals surface area contributed by atoms with Gasteiger partial charge in [-0.2, -0.15) is 0 Å². The number of methoxy groups -OCH3 is 1. The third-order valence-corrected chi connectivity index (χ3v) is 6.17. The summed E-state index contributed by atoms with van der Waals surface area (Å²) in [4.78, 5) is 12.9. The quantitative estimate of drug-likeness (QED) is 0.504. The summed E-state index contributed by atoms with van der Waals surface area (Å²) >= 11 is 14.4. The van der Waals surface area contributed by atoms with E-state index < -0.39 is 0 Å². The number of carbonyl (C=O) groups excluding carboxylic acids is 1. The molecule has 0 saturated carbocycles. The van der Waals surface area contributed by atoms with Gasteiger partial charge in [0.2, 0.25) is 0 Å². The van der Waals surface area contributed by atoms with Crippen LogP contribution in [-0.2, 0) is 4.79 Å². The van der Waals surface area contributed by atoms with Crippen molar-refractivity contribution in [3.05, 3.63) is 60.3 Å². The summed E-state index contributed by atoms with van der Waals surface area (Å²) in [5.74, 6) is 0.607. The summed E-state index contributed by atoms with van der Waals surface area (Å²) in [6.07, 6.45) is 1.85. The molecular weight excluding hydrogens is 504 g/mol.